The largest absolute Gasteiger partial charge is 0.316 e. The quantitative estimate of drug-likeness (QED) is 0.382. The molecule has 0 radical (unpaired) electrons. The highest BCUT2D eigenvalue weighted by molar-refractivity contribution is 7.15. The van der Waals surface area contributed by atoms with Gasteiger partial charge >= 0.3 is 0 Å². The van der Waals surface area contributed by atoms with Crippen molar-refractivity contribution in [2.75, 3.05) is 5.32 Å². The number of rotatable bonds is 7. The highest BCUT2D eigenvalue weighted by Crippen LogP contribution is 2.30. The van der Waals surface area contributed by atoms with Crippen molar-refractivity contribution in [3.63, 3.8) is 0 Å². The summed E-state index contributed by atoms with van der Waals surface area (Å²) in [5.74, 6) is -0.546. The Morgan fingerprint density at radius 2 is 2.14 bits per heavy atom. The molecule has 0 spiro atoms. The van der Waals surface area contributed by atoms with Crippen molar-refractivity contribution < 1.29 is 4.79 Å². The smallest absolute Gasteiger partial charge is 0.268 e. The number of hydrogen-bond donors (Lipinski definition) is 1. The van der Waals surface area contributed by atoms with Crippen molar-refractivity contribution in [2.45, 2.75) is 26.2 Å². The maximum atomic E-state index is 12.5. The summed E-state index contributed by atoms with van der Waals surface area (Å²) < 4.78 is 1.76. The van der Waals surface area contributed by atoms with Crippen LogP contribution in [0.1, 0.15) is 30.5 Å². The van der Waals surface area contributed by atoms with Gasteiger partial charge in [0.1, 0.15) is 16.6 Å². The Hall–Kier alpha value is -2.66. The van der Waals surface area contributed by atoms with Crippen LogP contribution in [0.2, 0.25) is 10.0 Å². The van der Waals surface area contributed by atoms with E-state index in [4.69, 9.17) is 23.2 Å². The molecule has 0 unspecified atom stereocenters. The van der Waals surface area contributed by atoms with E-state index in [2.05, 4.69) is 22.4 Å². The van der Waals surface area contributed by atoms with Crippen molar-refractivity contribution in [3.05, 3.63) is 62.8 Å². The SMILES string of the molecule is CCCCc1nnc(NC(=O)/C(C#N)=C\c2cccn2-c2cccc(Cl)c2Cl)s1. The van der Waals surface area contributed by atoms with E-state index in [-0.39, 0.29) is 5.57 Å². The molecule has 2 heterocycles. The topological polar surface area (TPSA) is 83.6 Å². The third-order valence-electron chi connectivity index (χ3n) is 4.06. The Morgan fingerprint density at radius 1 is 1.31 bits per heavy atom. The molecule has 3 rings (SSSR count). The van der Waals surface area contributed by atoms with Gasteiger partial charge in [0.05, 0.1) is 15.7 Å². The van der Waals surface area contributed by atoms with Gasteiger partial charge in [-0.2, -0.15) is 5.26 Å². The van der Waals surface area contributed by atoms with Gasteiger partial charge in [0, 0.05) is 18.3 Å². The van der Waals surface area contributed by atoms with Crippen LogP contribution in [0.15, 0.2) is 42.1 Å². The fourth-order valence-corrected chi connectivity index (χ4v) is 3.77. The maximum absolute atomic E-state index is 12.5. The van der Waals surface area contributed by atoms with Gasteiger partial charge in [0.2, 0.25) is 5.13 Å². The maximum Gasteiger partial charge on any atom is 0.268 e. The molecule has 3 aromatic rings. The number of aromatic nitrogens is 3. The second-order valence-electron chi connectivity index (χ2n) is 6.10. The standard InChI is InChI=1S/C20H17Cl2N5OS/c1-2-3-9-17-25-26-20(29-17)24-19(28)13(12-23)11-14-6-5-10-27(14)16-8-4-7-15(21)18(16)22/h4-8,10-11H,2-3,9H2,1H3,(H,24,26,28)/b13-11-. The minimum atomic E-state index is -0.546. The van der Waals surface area contributed by atoms with Gasteiger partial charge in [-0.25, -0.2) is 0 Å². The van der Waals surface area contributed by atoms with Crippen molar-refractivity contribution in [2.24, 2.45) is 0 Å². The van der Waals surface area contributed by atoms with Gasteiger partial charge in [-0.3, -0.25) is 10.1 Å². The van der Waals surface area contributed by atoms with Gasteiger partial charge in [-0.15, -0.1) is 10.2 Å². The first kappa shape index (κ1) is 21.1. The van der Waals surface area contributed by atoms with Crippen LogP contribution in [-0.4, -0.2) is 20.7 Å². The summed E-state index contributed by atoms with van der Waals surface area (Å²) in [4.78, 5) is 12.5. The molecule has 0 atom stereocenters. The Morgan fingerprint density at radius 3 is 2.90 bits per heavy atom. The minimum absolute atomic E-state index is 0.0617. The number of nitrogens with zero attached hydrogens (tertiary/aromatic N) is 4. The second kappa shape index (κ2) is 9.70. The Kier molecular flexibility index (Phi) is 7.04. The summed E-state index contributed by atoms with van der Waals surface area (Å²) in [6.07, 6.45) is 6.15. The lowest BCUT2D eigenvalue weighted by atomic mass is 10.2. The summed E-state index contributed by atoms with van der Waals surface area (Å²) in [7, 11) is 0. The van der Waals surface area contributed by atoms with E-state index in [1.807, 2.05) is 6.07 Å². The molecule has 9 heteroatoms. The van der Waals surface area contributed by atoms with Crippen molar-refractivity contribution in [1.29, 1.82) is 5.26 Å². The van der Waals surface area contributed by atoms with Crippen LogP contribution in [0.4, 0.5) is 5.13 Å². The highest BCUT2D eigenvalue weighted by Gasteiger charge is 2.15. The minimum Gasteiger partial charge on any atom is -0.316 e. The normalized spacial score (nSPS) is 11.3. The predicted molar refractivity (Wildman–Crippen MR) is 117 cm³/mol. The zero-order valence-corrected chi connectivity index (χ0v) is 17.9. The van der Waals surface area contributed by atoms with Gasteiger partial charge in [-0.1, -0.05) is 53.9 Å². The lowest BCUT2D eigenvalue weighted by Crippen LogP contribution is -2.13. The van der Waals surface area contributed by atoms with Crippen LogP contribution < -0.4 is 5.32 Å². The molecule has 0 aliphatic rings. The molecule has 1 amide bonds. The Bertz CT molecular complexity index is 1100. The predicted octanol–water partition coefficient (Wildman–Crippen LogP) is 5.52. The molecular formula is C20H17Cl2N5OS. The molecular weight excluding hydrogens is 429 g/mol. The summed E-state index contributed by atoms with van der Waals surface area (Å²) in [6.45, 7) is 2.10. The van der Waals surface area contributed by atoms with E-state index in [0.29, 0.717) is 26.6 Å². The van der Waals surface area contributed by atoms with Crippen molar-refractivity contribution >= 4 is 51.7 Å². The molecule has 148 valence electrons. The van der Waals surface area contributed by atoms with Crippen molar-refractivity contribution in [3.8, 4) is 11.8 Å². The van der Waals surface area contributed by atoms with E-state index in [1.165, 1.54) is 17.4 Å². The first-order valence-electron chi connectivity index (χ1n) is 8.90. The van der Waals surface area contributed by atoms with Gasteiger partial charge in [-0.05, 0) is 36.8 Å². The van der Waals surface area contributed by atoms with E-state index in [9.17, 15) is 10.1 Å². The lowest BCUT2D eigenvalue weighted by molar-refractivity contribution is -0.112. The number of nitriles is 1. The zero-order valence-electron chi connectivity index (χ0n) is 15.5. The number of benzene rings is 1. The molecule has 0 bridgehead atoms. The number of carbonyl (C=O) groups excluding carboxylic acids is 1. The zero-order chi connectivity index (χ0) is 20.8. The van der Waals surface area contributed by atoms with E-state index >= 15 is 0 Å². The number of anilines is 1. The van der Waals surface area contributed by atoms with Crippen LogP contribution in [0, 0.1) is 11.3 Å². The number of unbranched alkanes of at least 4 members (excludes halogenated alkanes) is 1. The number of hydrogen-bond acceptors (Lipinski definition) is 5. The number of carbonyl (C=O) groups is 1. The number of aryl methyl sites for hydroxylation is 1. The van der Waals surface area contributed by atoms with E-state index < -0.39 is 5.91 Å². The molecule has 1 N–H and O–H groups in total. The number of amides is 1. The fraction of sp³-hybridized carbons (Fsp3) is 0.200. The van der Waals surface area contributed by atoms with Gasteiger partial charge in [0.25, 0.3) is 5.91 Å². The average Bonchev–Trinajstić information content (AvgIpc) is 3.35. The van der Waals surface area contributed by atoms with Gasteiger partial charge < -0.3 is 4.57 Å². The molecule has 6 nitrogen and oxygen atoms in total. The second-order valence-corrected chi connectivity index (χ2v) is 7.95. The van der Waals surface area contributed by atoms with Crippen LogP contribution in [0.25, 0.3) is 11.8 Å². The van der Waals surface area contributed by atoms with Crippen molar-refractivity contribution in [1.82, 2.24) is 14.8 Å². The molecule has 29 heavy (non-hydrogen) atoms. The van der Waals surface area contributed by atoms with Crippen LogP contribution in [0.5, 0.6) is 0 Å². The highest BCUT2D eigenvalue weighted by atomic mass is 35.5. The van der Waals surface area contributed by atoms with Crippen LogP contribution in [-0.2, 0) is 11.2 Å². The van der Waals surface area contributed by atoms with Gasteiger partial charge in [0.15, 0.2) is 0 Å². The Labute approximate surface area is 182 Å². The summed E-state index contributed by atoms with van der Waals surface area (Å²) >= 11 is 13.7. The summed E-state index contributed by atoms with van der Waals surface area (Å²) in [5, 5.41) is 22.2. The monoisotopic (exact) mass is 445 g/mol. The first-order chi connectivity index (χ1) is 14.0. The fourth-order valence-electron chi connectivity index (χ4n) is 2.60. The third-order valence-corrected chi connectivity index (χ3v) is 5.77. The summed E-state index contributed by atoms with van der Waals surface area (Å²) in [6, 6.07) is 10.8. The van der Waals surface area contributed by atoms with Crippen LogP contribution >= 0.6 is 34.5 Å². The van der Waals surface area contributed by atoms with Crippen LogP contribution in [0.3, 0.4) is 0 Å². The number of halogens is 2. The summed E-state index contributed by atoms with van der Waals surface area (Å²) in [5.41, 5.74) is 1.20. The molecule has 0 fully saturated rings. The Balaban J connectivity index is 1.83. The molecule has 0 saturated heterocycles. The third kappa shape index (κ3) is 5.04. The lowest BCUT2D eigenvalue weighted by Gasteiger charge is -2.10. The molecule has 2 aromatic heterocycles. The van der Waals surface area contributed by atoms with E-state index in [0.717, 1.165) is 24.3 Å². The average molecular weight is 446 g/mol. The molecule has 0 aliphatic carbocycles. The molecule has 1 aromatic carbocycles. The molecule has 0 saturated carbocycles. The molecule has 0 aliphatic heterocycles. The first-order valence-corrected chi connectivity index (χ1v) is 10.5. The number of nitrogens with one attached hydrogen (secondary N) is 1. The van der Waals surface area contributed by atoms with E-state index in [1.54, 1.807) is 41.1 Å².